The van der Waals surface area contributed by atoms with Crippen molar-refractivity contribution < 1.29 is 14.3 Å². The molecule has 7 heteroatoms. The number of hydrogen-bond donors (Lipinski definition) is 2. The molecular formula is C21H28N4O3. The predicted octanol–water partition coefficient (Wildman–Crippen LogP) is 2.02. The van der Waals surface area contributed by atoms with Crippen LogP contribution in [0.2, 0.25) is 0 Å². The van der Waals surface area contributed by atoms with Crippen LogP contribution in [0.5, 0.6) is 0 Å². The lowest BCUT2D eigenvalue weighted by atomic mass is 9.58. The van der Waals surface area contributed by atoms with E-state index in [4.69, 9.17) is 4.74 Å². The number of fused-ring (bicyclic) bond motifs is 1. The molecule has 2 heterocycles. The minimum Gasteiger partial charge on any atom is -0.371 e. The molecule has 0 spiro atoms. The van der Waals surface area contributed by atoms with Crippen molar-refractivity contribution in [1.29, 1.82) is 0 Å². The highest BCUT2D eigenvalue weighted by Crippen LogP contribution is 2.46. The van der Waals surface area contributed by atoms with Crippen LogP contribution in [0.15, 0.2) is 30.6 Å². The molecule has 2 N–H and O–H groups in total. The first-order valence-electron chi connectivity index (χ1n) is 9.95. The Labute approximate surface area is 164 Å². The van der Waals surface area contributed by atoms with E-state index in [1.807, 2.05) is 24.4 Å². The second-order valence-electron chi connectivity index (χ2n) is 8.60. The van der Waals surface area contributed by atoms with Gasteiger partial charge in [-0.15, -0.1) is 0 Å². The number of methoxy groups -OCH3 is 1. The number of pyridine rings is 1. The molecule has 2 aliphatic carbocycles. The highest BCUT2D eigenvalue weighted by atomic mass is 16.5. The van der Waals surface area contributed by atoms with Crippen LogP contribution in [0, 0.1) is 17.3 Å². The van der Waals surface area contributed by atoms with E-state index in [9.17, 15) is 9.59 Å². The molecule has 2 aliphatic rings. The lowest BCUT2D eigenvalue weighted by molar-refractivity contribution is -0.133. The van der Waals surface area contributed by atoms with E-state index in [1.54, 1.807) is 17.8 Å². The van der Waals surface area contributed by atoms with Crippen molar-refractivity contribution in [3.8, 4) is 0 Å². The van der Waals surface area contributed by atoms with Gasteiger partial charge in [0.05, 0.1) is 17.3 Å². The first-order valence-corrected chi connectivity index (χ1v) is 9.95. The zero-order valence-corrected chi connectivity index (χ0v) is 16.6. The molecule has 0 saturated heterocycles. The minimum atomic E-state index is -0.324. The fourth-order valence-corrected chi connectivity index (χ4v) is 4.22. The Kier molecular flexibility index (Phi) is 4.87. The summed E-state index contributed by atoms with van der Waals surface area (Å²) in [4.78, 5) is 25.1. The van der Waals surface area contributed by atoms with Crippen molar-refractivity contribution in [3.05, 3.63) is 36.2 Å². The summed E-state index contributed by atoms with van der Waals surface area (Å²) in [6.45, 7) is 4.90. The molecule has 0 aromatic carbocycles. The summed E-state index contributed by atoms with van der Waals surface area (Å²) in [5.41, 5.74) is 1.34. The van der Waals surface area contributed by atoms with E-state index in [0.29, 0.717) is 23.9 Å². The summed E-state index contributed by atoms with van der Waals surface area (Å²) in [7, 11) is 1.60. The molecule has 7 nitrogen and oxygen atoms in total. The molecule has 2 aromatic rings. The SMILES string of the molecule is COC(C(=O)NCC1CC(NC(=O)c2cccn3nccc23)C1(C)C)C1CC1. The van der Waals surface area contributed by atoms with Crippen molar-refractivity contribution in [2.45, 2.75) is 45.3 Å². The molecule has 2 aromatic heterocycles. The molecule has 0 bridgehead atoms. The summed E-state index contributed by atoms with van der Waals surface area (Å²) in [6.07, 6.45) is 6.18. The fraction of sp³-hybridized carbons (Fsp3) is 0.571. The van der Waals surface area contributed by atoms with E-state index in [0.717, 1.165) is 24.8 Å². The molecule has 0 radical (unpaired) electrons. The van der Waals surface area contributed by atoms with Gasteiger partial charge in [-0.05, 0) is 54.7 Å². The van der Waals surface area contributed by atoms with Crippen LogP contribution < -0.4 is 10.6 Å². The molecule has 28 heavy (non-hydrogen) atoms. The molecule has 3 unspecified atom stereocenters. The van der Waals surface area contributed by atoms with Crippen LogP contribution in [0.1, 0.15) is 43.5 Å². The maximum atomic E-state index is 12.8. The number of amides is 2. The van der Waals surface area contributed by atoms with Crippen LogP contribution in [-0.2, 0) is 9.53 Å². The van der Waals surface area contributed by atoms with Gasteiger partial charge in [0, 0.05) is 25.9 Å². The zero-order valence-electron chi connectivity index (χ0n) is 16.6. The number of nitrogens with one attached hydrogen (secondary N) is 2. The van der Waals surface area contributed by atoms with Crippen molar-refractivity contribution >= 4 is 17.3 Å². The monoisotopic (exact) mass is 384 g/mol. The maximum absolute atomic E-state index is 12.8. The van der Waals surface area contributed by atoms with Crippen LogP contribution in [0.25, 0.3) is 5.52 Å². The molecule has 3 atom stereocenters. The number of nitrogens with zero attached hydrogens (tertiary/aromatic N) is 2. The van der Waals surface area contributed by atoms with Gasteiger partial charge in [0.1, 0.15) is 6.10 Å². The smallest absolute Gasteiger partial charge is 0.253 e. The van der Waals surface area contributed by atoms with E-state index >= 15 is 0 Å². The third-order valence-corrected chi connectivity index (χ3v) is 6.54. The Hall–Kier alpha value is -2.41. The average Bonchev–Trinajstić information content (AvgIpc) is 3.38. The number of carbonyl (C=O) groups excluding carboxylic acids is 2. The Morgan fingerprint density at radius 3 is 2.82 bits per heavy atom. The summed E-state index contributed by atoms with van der Waals surface area (Å²) in [5.74, 6) is 0.599. The van der Waals surface area contributed by atoms with Crippen LogP contribution in [0.4, 0.5) is 0 Å². The number of ether oxygens (including phenoxy) is 1. The van der Waals surface area contributed by atoms with Crippen molar-refractivity contribution in [2.75, 3.05) is 13.7 Å². The van der Waals surface area contributed by atoms with Crippen LogP contribution >= 0.6 is 0 Å². The maximum Gasteiger partial charge on any atom is 0.253 e. The predicted molar refractivity (Wildman–Crippen MR) is 105 cm³/mol. The quantitative estimate of drug-likeness (QED) is 0.765. The van der Waals surface area contributed by atoms with Gasteiger partial charge in [0.15, 0.2) is 0 Å². The lowest BCUT2D eigenvalue weighted by Crippen LogP contribution is -2.61. The number of hydrogen-bond acceptors (Lipinski definition) is 4. The van der Waals surface area contributed by atoms with Gasteiger partial charge < -0.3 is 15.4 Å². The van der Waals surface area contributed by atoms with E-state index in [1.165, 1.54) is 0 Å². The molecule has 0 aliphatic heterocycles. The summed E-state index contributed by atoms with van der Waals surface area (Å²) in [6, 6.07) is 5.56. The van der Waals surface area contributed by atoms with Gasteiger partial charge in [-0.25, -0.2) is 4.52 Å². The van der Waals surface area contributed by atoms with Crippen molar-refractivity contribution in [2.24, 2.45) is 17.3 Å². The second kappa shape index (κ2) is 7.20. The number of carbonyl (C=O) groups is 2. The first-order chi connectivity index (χ1) is 13.4. The van der Waals surface area contributed by atoms with E-state index in [2.05, 4.69) is 29.6 Å². The highest BCUT2D eigenvalue weighted by Gasteiger charge is 2.49. The average molecular weight is 384 g/mol. The third-order valence-electron chi connectivity index (χ3n) is 6.54. The molecule has 150 valence electrons. The topological polar surface area (TPSA) is 84.7 Å². The first kappa shape index (κ1) is 18.9. The molecule has 2 saturated carbocycles. The van der Waals surface area contributed by atoms with Crippen molar-refractivity contribution in [3.63, 3.8) is 0 Å². The molecular weight excluding hydrogens is 356 g/mol. The summed E-state index contributed by atoms with van der Waals surface area (Å²) in [5, 5.41) is 10.4. The highest BCUT2D eigenvalue weighted by molar-refractivity contribution is 6.00. The molecule has 2 fully saturated rings. The van der Waals surface area contributed by atoms with Gasteiger partial charge in [-0.3, -0.25) is 9.59 Å². The zero-order chi connectivity index (χ0) is 19.9. The van der Waals surface area contributed by atoms with Gasteiger partial charge in [-0.2, -0.15) is 5.10 Å². The van der Waals surface area contributed by atoms with Crippen LogP contribution in [0.3, 0.4) is 0 Å². The van der Waals surface area contributed by atoms with Gasteiger partial charge in [-0.1, -0.05) is 13.8 Å². The van der Waals surface area contributed by atoms with Gasteiger partial charge in [0.2, 0.25) is 5.91 Å². The van der Waals surface area contributed by atoms with Crippen molar-refractivity contribution in [1.82, 2.24) is 20.2 Å². The minimum absolute atomic E-state index is 0.0132. The third kappa shape index (κ3) is 3.39. The Morgan fingerprint density at radius 1 is 1.36 bits per heavy atom. The number of aromatic nitrogens is 2. The standard InChI is InChI=1S/C21H28N4O3/c1-21(2)14(12-22-20(27)18(28-3)13-6-7-13)11-17(21)24-19(26)15-5-4-10-25-16(15)8-9-23-25/h4-5,8-10,13-14,17-18H,6-7,11-12H2,1-3H3,(H,22,27)(H,24,26). The number of rotatable bonds is 7. The lowest BCUT2D eigenvalue weighted by Gasteiger charge is -2.52. The van der Waals surface area contributed by atoms with Gasteiger partial charge in [0.25, 0.3) is 5.91 Å². The normalized spacial score (nSPS) is 24.4. The molecule has 2 amide bonds. The second-order valence-corrected chi connectivity index (χ2v) is 8.60. The van der Waals surface area contributed by atoms with Crippen LogP contribution in [-0.4, -0.2) is 47.2 Å². The summed E-state index contributed by atoms with van der Waals surface area (Å²) >= 11 is 0. The summed E-state index contributed by atoms with van der Waals surface area (Å²) < 4.78 is 7.05. The van der Waals surface area contributed by atoms with E-state index < -0.39 is 0 Å². The fourth-order valence-electron chi connectivity index (χ4n) is 4.22. The molecule has 4 rings (SSSR count). The Balaban J connectivity index is 1.33. The van der Waals surface area contributed by atoms with Gasteiger partial charge >= 0.3 is 0 Å². The van der Waals surface area contributed by atoms with E-state index in [-0.39, 0.29) is 29.4 Å². The largest absolute Gasteiger partial charge is 0.371 e. The Morgan fingerprint density at radius 2 is 2.14 bits per heavy atom. The Bertz CT molecular complexity index is 887.